The molecule has 1 atom stereocenters. The molecule has 0 radical (unpaired) electrons. The molecule has 1 fully saturated rings. The van der Waals surface area contributed by atoms with Crippen LogP contribution in [0.3, 0.4) is 0 Å². The standard InChI is InChI=1S/C12H21N3O/c1-14-12(5-7-13-14)10-15-8-3-2-4-11(15)6-9-16/h5,7,11,16H,2-4,6,8-10H2,1H3. The Labute approximate surface area is 96.9 Å². The Morgan fingerprint density at radius 3 is 3.06 bits per heavy atom. The minimum atomic E-state index is 0.298. The van der Waals surface area contributed by atoms with Gasteiger partial charge in [0.25, 0.3) is 0 Å². The van der Waals surface area contributed by atoms with Crippen LogP contribution < -0.4 is 0 Å². The van der Waals surface area contributed by atoms with Gasteiger partial charge >= 0.3 is 0 Å². The van der Waals surface area contributed by atoms with Gasteiger partial charge in [0.1, 0.15) is 0 Å². The summed E-state index contributed by atoms with van der Waals surface area (Å²) in [5.41, 5.74) is 1.25. The van der Waals surface area contributed by atoms with Gasteiger partial charge in [-0.3, -0.25) is 9.58 Å². The number of rotatable bonds is 4. The quantitative estimate of drug-likeness (QED) is 0.832. The first-order valence-corrected chi connectivity index (χ1v) is 6.13. The van der Waals surface area contributed by atoms with E-state index in [-0.39, 0.29) is 0 Å². The first kappa shape index (κ1) is 11.6. The van der Waals surface area contributed by atoms with Crippen LogP contribution >= 0.6 is 0 Å². The van der Waals surface area contributed by atoms with Crippen LogP contribution in [0.1, 0.15) is 31.4 Å². The lowest BCUT2D eigenvalue weighted by molar-refractivity contribution is 0.110. The lowest BCUT2D eigenvalue weighted by Gasteiger charge is -2.35. The number of aliphatic hydroxyl groups excluding tert-OH is 1. The number of aliphatic hydroxyl groups is 1. The highest BCUT2D eigenvalue weighted by molar-refractivity contribution is 5.00. The molecule has 90 valence electrons. The number of likely N-dealkylation sites (tertiary alicyclic amines) is 1. The van der Waals surface area contributed by atoms with Crippen molar-refractivity contribution < 1.29 is 5.11 Å². The molecule has 0 aliphatic carbocycles. The predicted molar refractivity (Wildman–Crippen MR) is 63.0 cm³/mol. The lowest BCUT2D eigenvalue weighted by Crippen LogP contribution is -2.39. The summed E-state index contributed by atoms with van der Waals surface area (Å²) in [5, 5.41) is 13.3. The first-order valence-electron chi connectivity index (χ1n) is 6.13. The Bertz CT molecular complexity index is 322. The molecular formula is C12H21N3O. The molecule has 0 aromatic carbocycles. The second kappa shape index (κ2) is 5.46. The fourth-order valence-electron chi connectivity index (χ4n) is 2.51. The van der Waals surface area contributed by atoms with Crippen molar-refractivity contribution in [3.63, 3.8) is 0 Å². The summed E-state index contributed by atoms with van der Waals surface area (Å²) < 4.78 is 1.94. The molecule has 1 saturated heterocycles. The maximum Gasteiger partial charge on any atom is 0.0521 e. The van der Waals surface area contributed by atoms with E-state index in [1.165, 1.54) is 25.0 Å². The van der Waals surface area contributed by atoms with Gasteiger partial charge in [0.15, 0.2) is 0 Å². The molecule has 4 nitrogen and oxygen atoms in total. The lowest BCUT2D eigenvalue weighted by atomic mass is 9.99. The maximum absolute atomic E-state index is 9.07. The molecule has 0 spiro atoms. The number of piperidine rings is 1. The zero-order valence-corrected chi connectivity index (χ0v) is 9.97. The number of hydrogen-bond acceptors (Lipinski definition) is 3. The van der Waals surface area contributed by atoms with E-state index in [1.807, 2.05) is 17.9 Å². The Morgan fingerprint density at radius 2 is 2.38 bits per heavy atom. The van der Waals surface area contributed by atoms with Crippen LogP contribution in [-0.2, 0) is 13.6 Å². The van der Waals surface area contributed by atoms with Gasteiger partial charge < -0.3 is 5.11 Å². The Kier molecular flexibility index (Phi) is 3.96. The average molecular weight is 223 g/mol. The molecule has 0 amide bonds. The van der Waals surface area contributed by atoms with Crippen LogP contribution in [-0.4, -0.2) is 39.0 Å². The molecule has 1 aromatic heterocycles. The molecule has 1 aliphatic rings. The molecule has 1 aromatic rings. The molecule has 2 heterocycles. The highest BCUT2D eigenvalue weighted by atomic mass is 16.3. The molecule has 1 unspecified atom stereocenters. The van der Waals surface area contributed by atoms with Crippen LogP contribution in [0, 0.1) is 0 Å². The average Bonchev–Trinajstić information content (AvgIpc) is 2.68. The molecule has 4 heteroatoms. The van der Waals surface area contributed by atoms with Crippen LogP contribution in [0.25, 0.3) is 0 Å². The van der Waals surface area contributed by atoms with E-state index in [1.54, 1.807) is 0 Å². The second-order valence-corrected chi connectivity index (χ2v) is 4.58. The number of nitrogens with zero attached hydrogens (tertiary/aromatic N) is 3. The van der Waals surface area contributed by atoms with Crippen molar-refractivity contribution >= 4 is 0 Å². The van der Waals surface area contributed by atoms with E-state index < -0.39 is 0 Å². The fraction of sp³-hybridized carbons (Fsp3) is 0.750. The predicted octanol–water partition coefficient (Wildman–Crippen LogP) is 1.16. The summed E-state index contributed by atoms with van der Waals surface area (Å²) in [4.78, 5) is 2.48. The molecule has 0 saturated carbocycles. The van der Waals surface area contributed by atoms with Gasteiger partial charge in [0.2, 0.25) is 0 Å². The van der Waals surface area contributed by atoms with Gasteiger partial charge in [-0.05, 0) is 31.9 Å². The highest BCUT2D eigenvalue weighted by Crippen LogP contribution is 2.21. The van der Waals surface area contributed by atoms with Gasteiger partial charge in [0.05, 0.1) is 5.69 Å². The normalized spacial score (nSPS) is 22.5. The van der Waals surface area contributed by atoms with Crippen LogP contribution in [0.15, 0.2) is 12.3 Å². The van der Waals surface area contributed by atoms with Gasteiger partial charge in [-0.1, -0.05) is 6.42 Å². The van der Waals surface area contributed by atoms with Crippen molar-refractivity contribution in [3.8, 4) is 0 Å². The molecule has 2 rings (SSSR count). The third-order valence-electron chi connectivity index (χ3n) is 3.50. The van der Waals surface area contributed by atoms with E-state index >= 15 is 0 Å². The van der Waals surface area contributed by atoms with Crippen LogP contribution in [0.2, 0.25) is 0 Å². The van der Waals surface area contributed by atoms with Crippen LogP contribution in [0.5, 0.6) is 0 Å². The summed E-state index contributed by atoms with van der Waals surface area (Å²) in [7, 11) is 1.99. The summed E-state index contributed by atoms with van der Waals surface area (Å²) in [6.07, 6.45) is 6.54. The molecule has 1 N–H and O–H groups in total. The third-order valence-corrected chi connectivity index (χ3v) is 3.50. The molecule has 0 bridgehead atoms. The van der Waals surface area contributed by atoms with E-state index in [9.17, 15) is 0 Å². The van der Waals surface area contributed by atoms with E-state index in [4.69, 9.17) is 5.11 Å². The van der Waals surface area contributed by atoms with E-state index in [0.29, 0.717) is 12.6 Å². The monoisotopic (exact) mass is 223 g/mol. The first-order chi connectivity index (χ1) is 7.81. The van der Waals surface area contributed by atoms with Gasteiger partial charge in [-0.15, -0.1) is 0 Å². The van der Waals surface area contributed by atoms with Crippen molar-refractivity contribution in [2.75, 3.05) is 13.2 Å². The Morgan fingerprint density at radius 1 is 1.50 bits per heavy atom. The summed E-state index contributed by atoms with van der Waals surface area (Å²) in [6, 6.07) is 2.62. The summed E-state index contributed by atoms with van der Waals surface area (Å²) in [6.45, 7) is 2.41. The number of aryl methyl sites for hydroxylation is 1. The summed E-state index contributed by atoms with van der Waals surface area (Å²) in [5.74, 6) is 0. The minimum absolute atomic E-state index is 0.298. The van der Waals surface area contributed by atoms with Gasteiger partial charge in [-0.2, -0.15) is 5.10 Å². The molecular weight excluding hydrogens is 202 g/mol. The minimum Gasteiger partial charge on any atom is -0.396 e. The number of hydrogen-bond donors (Lipinski definition) is 1. The zero-order valence-electron chi connectivity index (χ0n) is 9.97. The molecule has 1 aliphatic heterocycles. The highest BCUT2D eigenvalue weighted by Gasteiger charge is 2.22. The Hall–Kier alpha value is -0.870. The van der Waals surface area contributed by atoms with E-state index in [0.717, 1.165) is 19.5 Å². The van der Waals surface area contributed by atoms with Crippen molar-refractivity contribution in [2.24, 2.45) is 7.05 Å². The molecule has 16 heavy (non-hydrogen) atoms. The largest absolute Gasteiger partial charge is 0.396 e. The topological polar surface area (TPSA) is 41.3 Å². The zero-order chi connectivity index (χ0) is 11.4. The summed E-state index contributed by atoms with van der Waals surface area (Å²) >= 11 is 0. The Balaban J connectivity index is 1.98. The third kappa shape index (κ3) is 2.62. The van der Waals surface area contributed by atoms with Crippen molar-refractivity contribution in [3.05, 3.63) is 18.0 Å². The van der Waals surface area contributed by atoms with Crippen molar-refractivity contribution in [1.82, 2.24) is 14.7 Å². The maximum atomic E-state index is 9.07. The number of aromatic nitrogens is 2. The fourth-order valence-corrected chi connectivity index (χ4v) is 2.51. The van der Waals surface area contributed by atoms with Crippen LogP contribution in [0.4, 0.5) is 0 Å². The van der Waals surface area contributed by atoms with Crippen molar-refractivity contribution in [2.45, 2.75) is 38.3 Å². The van der Waals surface area contributed by atoms with E-state index in [2.05, 4.69) is 16.1 Å². The SMILES string of the molecule is Cn1nccc1CN1CCCCC1CCO. The van der Waals surface area contributed by atoms with Gasteiger partial charge in [0, 0.05) is 32.4 Å². The van der Waals surface area contributed by atoms with Crippen molar-refractivity contribution in [1.29, 1.82) is 0 Å². The smallest absolute Gasteiger partial charge is 0.0521 e. The van der Waals surface area contributed by atoms with Gasteiger partial charge in [-0.25, -0.2) is 0 Å². The second-order valence-electron chi connectivity index (χ2n) is 4.58.